The predicted octanol–water partition coefficient (Wildman–Crippen LogP) is 3.00. The number of nitrogens with zero attached hydrogens (tertiary/aromatic N) is 1. The van der Waals surface area contributed by atoms with Crippen LogP contribution in [0.1, 0.15) is 31.2 Å². The lowest BCUT2D eigenvalue weighted by molar-refractivity contribution is -0.138. The first-order valence-corrected chi connectivity index (χ1v) is 7.02. The second-order valence-electron chi connectivity index (χ2n) is 5.39. The van der Waals surface area contributed by atoms with Gasteiger partial charge in [0, 0.05) is 18.3 Å². The number of likely N-dealkylation sites (tertiary alicyclic amines) is 1. The number of aryl methyl sites for hydroxylation is 1. The van der Waals surface area contributed by atoms with Gasteiger partial charge in [-0.3, -0.25) is 4.79 Å². The van der Waals surface area contributed by atoms with Gasteiger partial charge in [0.05, 0.1) is 6.42 Å². The van der Waals surface area contributed by atoms with Crippen molar-refractivity contribution < 1.29 is 19.1 Å². The third-order valence-corrected chi connectivity index (χ3v) is 3.59. The summed E-state index contributed by atoms with van der Waals surface area (Å²) in [7, 11) is 0. The van der Waals surface area contributed by atoms with E-state index in [9.17, 15) is 14.0 Å². The molecule has 21 heavy (non-hydrogen) atoms. The summed E-state index contributed by atoms with van der Waals surface area (Å²) in [6, 6.07) is 3.64. The zero-order valence-electron chi connectivity index (χ0n) is 11.9. The van der Waals surface area contributed by atoms with Gasteiger partial charge in [-0.15, -0.1) is 0 Å². The van der Waals surface area contributed by atoms with Crippen LogP contribution in [0.3, 0.4) is 0 Å². The van der Waals surface area contributed by atoms with E-state index in [1.807, 2.05) is 0 Å². The molecule has 2 rings (SSSR count). The van der Waals surface area contributed by atoms with Gasteiger partial charge in [-0.25, -0.2) is 9.18 Å². The molecule has 1 aliphatic rings. The molecule has 0 spiro atoms. The summed E-state index contributed by atoms with van der Waals surface area (Å²) in [5, 5.41) is 11.6. The molecular formula is C15H19FN2O3. The number of aliphatic carboxylic acids is 1. The van der Waals surface area contributed by atoms with Crippen LogP contribution in [0.4, 0.5) is 14.9 Å². The van der Waals surface area contributed by atoms with Crippen molar-refractivity contribution in [2.75, 3.05) is 11.9 Å². The van der Waals surface area contributed by atoms with Gasteiger partial charge in [-0.05, 0) is 49.9 Å². The molecule has 1 saturated heterocycles. The number of urea groups is 1. The highest BCUT2D eigenvalue weighted by atomic mass is 19.1. The smallest absolute Gasteiger partial charge is 0.322 e. The fraction of sp³-hybridized carbons (Fsp3) is 0.467. The Labute approximate surface area is 122 Å². The molecule has 1 fully saturated rings. The summed E-state index contributed by atoms with van der Waals surface area (Å²) < 4.78 is 13.3. The minimum absolute atomic E-state index is 0.0599. The van der Waals surface area contributed by atoms with Crippen LogP contribution in [0.25, 0.3) is 0 Å². The number of benzene rings is 1. The molecule has 0 aromatic heterocycles. The average molecular weight is 294 g/mol. The molecule has 5 nitrogen and oxygen atoms in total. The van der Waals surface area contributed by atoms with E-state index in [-0.39, 0.29) is 18.5 Å². The first-order valence-electron chi connectivity index (χ1n) is 7.02. The summed E-state index contributed by atoms with van der Waals surface area (Å²) in [6.45, 7) is 2.27. The highest BCUT2D eigenvalue weighted by Gasteiger charge is 2.28. The number of nitrogens with one attached hydrogen (secondary N) is 1. The zero-order valence-corrected chi connectivity index (χ0v) is 11.9. The van der Waals surface area contributed by atoms with Crippen molar-refractivity contribution in [3.8, 4) is 0 Å². The molecule has 0 radical (unpaired) electrons. The molecule has 1 atom stereocenters. The molecule has 1 aromatic carbocycles. The lowest BCUT2D eigenvalue weighted by atomic mass is 10.00. The number of carboxylic acid groups (broad SMARTS) is 1. The van der Waals surface area contributed by atoms with Crippen molar-refractivity contribution in [3.05, 3.63) is 29.6 Å². The molecule has 114 valence electrons. The monoisotopic (exact) mass is 294 g/mol. The Morgan fingerprint density at radius 2 is 2.14 bits per heavy atom. The molecule has 2 N–H and O–H groups in total. The summed E-state index contributed by atoms with van der Waals surface area (Å²) >= 11 is 0. The molecule has 1 heterocycles. The molecule has 1 unspecified atom stereocenters. The maximum atomic E-state index is 13.3. The summed E-state index contributed by atoms with van der Waals surface area (Å²) in [6.07, 6.45) is 2.39. The topological polar surface area (TPSA) is 69.6 Å². The SMILES string of the molecule is Cc1cc(F)cc(NC(=O)N2CCCCC2CC(=O)O)c1. The van der Waals surface area contributed by atoms with E-state index in [1.54, 1.807) is 13.0 Å². The molecule has 0 aliphatic carbocycles. The minimum Gasteiger partial charge on any atom is -0.481 e. The van der Waals surface area contributed by atoms with Crippen LogP contribution in [0.15, 0.2) is 18.2 Å². The molecule has 0 bridgehead atoms. The Balaban J connectivity index is 2.08. The van der Waals surface area contributed by atoms with E-state index in [0.717, 1.165) is 12.8 Å². The van der Waals surface area contributed by atoms with E-state index in [1.165, 1.54) is 17.0 Å². The van der Waals surface area contributed by atoms with E-state index in [2.05, 4.69) is 5.32 Å². The summed E-state index contributed by atoms with van der Waals surface area (Å²) in [4.78, 5) is 24.7. The number of carbonyl (C=O) groups is 2. The van der Waals surface area contributed by atoms with Gasteiger partial charge in [0.2, 0.25) is 0 Å². The number of rotatable bonds is 3. The fourth-order valence-corrected chi connectivity index (χ4v) is 2.69. The number of carboxylic acids is 1. The summed E-state index contributed by atoms with van der Waals surface area (Å²) in [5.74, 6) is -1.33. The van der Waals surface area contributed by atoms with Crippen molar-refractivity contribution in [1.82, 2.24) is 4.90 Å². The van der Waals surface area contributed by atoms with E-state index in [4.69, 9.17) is 5.11 Å². The first kappa shape index (κ1) is 15.3. The Hall–Kier alpha value is -2.11. The second kappa shape index (κ2) is 6.56. The Morgan fingerprint density at radius 3 is 2.81 bits per heavy atom. The van der Waals surface area contributed by atoms with Crippen LogP contribution < -0.4 is 5.32 Å². The van der Waals surface area contributed by atoms with Gasteiger partial charge < -0.3 is 15.3 Å². The van der Waals surface area contributed by atoms with E-state index >= 15 is 0 Å². The second-order valence-corrected chi connectivity index (χ2v) is 5.39. The Kier molecular flexibility index (Phi) is 4.77. The maximum absolute atomic E-state index is 13.3. The number of piperidine rings is 1. The maximum Gasteiger partial charge on any atom is 0.322 e. The lowest BCUT2D eigenvalue weighted by Gasteiger charge is -2.34. The Bertz CT molecular complexity index is 527. The van der Waals surface area contributed by atoms with Crippen molar-refractivity contribution in [3.63, 3.8) is 0 Å². The number of anilines is 1. The van der Waals surface area contributed by atoms with E-state index < -0.39 is 11.8 Å². The van der Waals surface area contributed by atoms with Gasteiger partial charge in [0.1, 0.15) is 5.82 Å². The van der Waals surface area contributed by atoms with Crippen LogP contribution in [0.5, 0.6) is 0 Å². The standard InChI is InChI=1S/C15H19FN2O3/c1-10-6-11(16)8-12(7-10)17-15(21)18-5-3-2-4-13(18)9-14(19)20/h6-8,13H,2-5,9H2,1H3,(H,17,21)(H,19,20). The number of amides is 2. The number of hydrogen-bond acceptors (Lipinski definition) is 2. The van der Waals surface area contributed by atoms with Crippen molar-refractivity contribution in [1.29, 1.82) is 0 Å². The van der Waals surface area contributed by atoms with Crippen LogP contribution >= 0.6 is 0 Å². The molecule has 1 aliphatic heterocycles. The lowest BCUT2D eigenvalue weighted by Crippen LogP contribution is -2.46. The average Bonchev–Trinajstić information content (AvgIpc) is 2.37. The fourth-order valence-electron chi connectivity index (χ4n) is 2.69. The zero-order chi connectivity index (χ0) is 15.4. The highest BCUT2D eigenvalue weighted by Crippen LogP contribution is 2.21. The molecular weight excluding hydrogens is 275 g/mol. The van der Waals surface area contributed by atoms with Gasteiger partial charge in [0.15, 0.2) is 0 Å². The molecule has 1 aromatic rings. The van der Waals surface area contributed by atoms with Crippen LogP contribution in [-0.4, -0.2) is 34.6 Å². The number of hydrogen-bond donors (Lipinski definition) is 2. The number of carbonyl (C=O) groups excluding carboxylic acids is 1. The Morgan fingerprint density at radius 1 is 1.38 bits per heavy atom. The van der Waals surface area contributed by atoms with Crippen molar-refractivity contribution in [2.45, 2.75) is 38.6 Å². The molecule has 6 heteroatoms. The van der Waals surface area contributed by atoms with Crippen LogP contribution in [-0.2, 0) is 4.79 Å². The normalized spacial score (nSPS) is 18.4. The number of halogens is 1. The first-order chi connectivity index (χ1) is 9.95. The van der Waals surface area contributed by atoms with Gasteiger partial charge in [-0.2, -0.15) is 0 Å². The quantitative estimate of drug-likeness (QED) is 0.900. The van der Waals surface area contributed by atoms with Crippen LogP contribution in [0.2, 0.25) is 0 Å². The van der Waals surface area contributed by atoms with Crippen LogP contribution in [0, 0.1) is 12.7 Å². The molecule has 2 amide bonds. The van der Waals surface area contributed by atoms with E-state index in [0.29, 0.717) is 24.2 Å². The van der Waals surface area contributed by atoms with Gasteiger partial charge in [0.25, 0.3) is 0 Å². The third-order valence-electron chi connectivity index (χ3n) is 3.59. The largest absolute Gasteiger partial charge is 0.481 e. The van der Waals surface area contributed by atoms with Crippen molar-refractivity contribution >= 4 is 17.7 Å². The molecule has 0 saturated carbocycles. The highest BCUT2D eigenvalue weighted by molar-refractivity contribution is 5.90. The van der Waals surface area contributed by atoms with Gasteiger partial charge >= 0.3 is 12.0 Å². The van der Waals surface area contributed by atoms with Crippen molar-refractivity contribution in [2.24, 2.45) is 0 Å². The summed E-state index contributed by atoms with van der Waals surface area (Å²) in [5.41, 5.74) is 1.10. The predicted molar refractivity (Wildman–Crippen MR) is 76.8 cm³/mol. The minimum atomic E-state index is -0.915. The van der Waals surface area contributed by atoms with Gasteiger partial charge in [-0.1, -0.05) is 0 Å². The third kappa shape index (κ3) is 4.18.